The number of rotatable bonds is 5. The molecule has 3 rings (SSSR count). The van der Waals surface area contributed by atoms with Crippen molar-refractivity contribution < 1.29 is 14.0 Å². The summed E-state index contributed by atoms with van der Waals surface area (Å²) in [5.74, 6) is -0.692. The van der Waals surface area contributed by atoms with E-state index < -0.39 is 11.9 Å². The Bertz CT molecular complexity index is 820. The first-order valence-corrected chi connectivity index (χ1v) is 9.42. The van der Waals surface area contributed by atoms with Gasteiger partial charge >= 0.3 is 0 Å². The number of halogens is 2. The van der Waals surface area contributed by atoms with E-state index in [0.717, 1.165) is 5.56 Å². The SMILES string of the molecule is CC(C(=O)Nc1ccc(Cl)cc1F)N1CCC(C(=O)c2ccccc2)CC1. The van der Waals surface area contributed by atoms with Crippen molar-refractivity contribution >= 4 is 29.0 Å². The van der Waals surface area contributed by atoms with Crippen LogP contribution in [0.4, 0.5) is 10.1 Å². The van der Waals surface area contributed by atoms with Gasteiger partial charge in [-0.2, -0.15) is 0 Å². The van der Waals surface area contributed by atoms with Crippen LogP contribution in [0.15, 0.2) is 48.5 Å². The van der Waals surface area contributed by atoms with Crippen molar-refractivity contribution in [1.29, 1.82) is 0 Å². The summed E-state index contributed by atoms with van der Waals surface area (Å²) in [7, 11) is 0. The van der Waals surface area contributed by atoms with Crippen molar-refractivity contribution in [2.75, 3.05) is 18.4 Å². The number of Topliss-reactive ketones (excluding diaryl/α,β-unsaturated/α-hetero) is 1. The van der Waals surface area contributed by atoms with Crippen molar-refractivity contribution in [2.45, 2.75) is 25.8 Å². The lowest BCUT2D eigenvalue weighted by Crippen LogP contribution is -2.47. The van der Waals surface area contributed by atoms with Crippen molar-refractivity contribution in [3.8, 4) is 0 Å². The summed E-state index contributed by atoms with van der Waals surface area (Å²) >= 11 is 5.73. The second kappa shape index (κ2) is 8.63. The highest BCUT2D eigenvalue weighted by Crippen LogP contribution is 2.24. The number of carbonyl (C=O) groups excluding carboxylic acids is 2. The van der Waals surface area contributed by atoms with E-state index in [1.165, 1.54) is 18.2 Å². The van der Waals surface area contributed by atoms with Crippen LogP contribution < -0.4 is 5.32 Å². The molecule has 1 heterocycles. The van der Waals surface area contributed by atoms with Gasteiger partial charge in [0.15, 0.2) is 5.78 Å². The number of carbonyl (C=O) groups is 2. The smallest absolute Gasteiger partial charge is 0.241 e. The van der Waals surface area contributed by atoms with Gasteiger partial charge in [0, 0.05) is 16.5 Å². The zero-order chi connectivity index (χ0) is 19.4. The molecule has 1 unspecified atom stereocenters. The van der Waals surface area contributed by atoms with Crippen LogP contribution in [0.2, 0.25) is 5.02 Å². The first-order chi connectivity index (χ1) is 13.0. The van der Waals surface area contributed by atoms with E-state index in [2.05, 4.69) is 5.32 Å². The first-order valence-electron chi connectivity index (χ1n) is 9.05. The number of hydrogen-bond acceptors (Lipinski definition) is 3. The van der Waals surface area contributed by atoms with Gasteiger partial charge in [0.25, 0.3) is 0 Å². The average molecular weight is 389 g/mol. The lowest BCUT2D eigenvalue weighted by atomic mass is 9.88. The van der Waals surface area contributed by atoms with E-state index in [0.29, 0.717) is 25.9 Å². The van der Waals surface area contributed by atoms with Crippen LogP contribution in [0.1, 0.15) is 30.1 Å². The van der Waals surface area contributed by atoms with E-state index >= 15 is 0 Å². The van der Waals surface area contributed by atoms with Gasteiger partial charge < -0.3 is 5.32 Å². The second-order valence-electron chi connectivity index (χ2n) is 6.83. The lowest BCUT2D eigenvalue weighted by Gasteiger charge is -2.34. The summed E-state index contributed by atoms with van der Waals surface area (Å²) in [4.78, 5) is 27.1. The van der Waals surface area contributed by atoms with Crippen molar-refractivity contribution in [2.24, 2.45) is 5.92 Å². The highest BCUT2D eigenvalue weighted by molar-refractivity contribution is 6.30. The van der Waals surface area contributed by atoms with Crippen LogP contribution in [-0.2, 0) is 4.79 Å². The van der Waals surface area contributed by atoms with Gasteiger partial charge in [-0.25, -0.2) is 4.39 Å². The molecule has 0 radical (unpaired) electrons. The molecular weight excluding hydrogens is 367 g/mol. The van der Waals surface area contributed by atoms with Crippen LogP contribution in [-0.4, -0.2) is 35.7 Å². The van der Waals surface area contributed by atoms with Gasteiger partial charge in [-0.1, -0.05) is 41.9 Å². The summed E-state index contributed by atoms with van der Waals surface area (Å²) in [6.07, 6.45) is 1.42. The Morgan fingerprint density at radius 3 is 2.44 bits per heavy atom. The minimum absolute atomic E-state index is 0.0207. The minimum Gasteiger partial charge on any atom is -0.322 e. The third-order valence-electron chi connectivity index (χ3n) is 5.07. The lowest BCUT2D eigenvalue weighted by molar-refractivity contribution is -0.121. The number of likely N-dealkylation sites (tertiary alicyclic amines) is 1. The molecule has 0 saturated carbocycles. The van der Waals surface area contributed by atoms with Gasteiger partial charge in [0.05, 0.1) is 11.7 Å². The predicted molar refractivity (Wildman–Crippen MR) is 105 cm³/mol. The normalized spacial score (nSPS) is 16.7. The van der Waals surface area contributed by atoms with Crippen LogP contribution in [0, 0.1) is 11.7 Å². The standard InChI is InChI=1S/C21H22ClFN2O2/c1-14(21(27)24-19-8-7-17(22)13-18(19)23)25-11-9-16(10-12-25)20(26)15-5-3-2-4-6-15/h2-8,13-14,16H,9-12H2,1H3,(H,24,27). The van der Waals surface area contributed by atoms with Crippen LogP contribution in [0.5, 0.6) is 0 Å². The fourth-order valence-corrected chi connectivity index (χ4v) is 3.54. The van der Waals surface area contributed by atoms with Crippen molar-refractivity contribution in [1.82, 2.24) is 4.90 Å². The van der Waals surface area contributed by atoms with Gasteiger partial charge in [0.1, 0.15) is 5.82 Å². The highest BCUT2D eigenvalue weighted by atomic mass is 35.5. The van der Waals surface area contributed by atoms with E-state index in [9.17, 15) is 14.0 Å². The van der Waals surface area contributed by atoms with Crippen molar-refractivity contribution in [3.05, 3.63) is 64.9 Å². The Morgan fingerprint density at radius 1 is 1.15 bits per heavy atom. The van der Waals surface area contributed by atoms with Gasteiger partial charge in [-0.3, -0.25) is 14.5 Å². The molecule has 1 atom stereocenters. The number of piperidine rings is 1. The van der Waals surface area contributed by atoms with Gasteiger partial charge in [0.2, 0.25) is 5.91 Å². The average Bonchev–Trinajstić information content (AvgIpc) is 2.69. The number of amides is 1. The molecule has 6 heteroatoms. The number of benzene rings is 2. The Balaban J connectivity index is 1.55. The molecule has 4 nitrogen and oxygen atoms in total. The fourth-order valence-electron chi connectivity index (χ4n) is 3.38. The summed E-state index contributed by atoms with van der Waals surface area (Å²) in [6, 6.07) is 13.0. The summed E-state index contributed by atoms with van der Waals surface area (Å²) in [5.41, 5.74) is 0.852. The zero-order valence-corrected chi connectivity index (χ0v) is 15.9. The number of nitrogens with one attached hydrogen (secondary N) is 1. The van der Waals surface area contributed by atoms with E-state index in [1.54, 1.807) is 6.92 Å². The fraction of sp³-hybridized carbons (Fsp3) is 0.333. The molecule has 142 valence electrons. The molecule has 0 bridgehead atoms. The molecular formula is C21H22ClFN2O2. The predicted octanol–water partition coefficient (Wildman–Crippen LogP) is 4.40. The van der Waals surface area contributed by atoms with Gasteiger partial charge in [-0.05, 0) is 51.1 Å². The molecule has 0 spiro atoms. The summed E-state index contributed by atoms with van der Waals surface area (Å²) < 4.78 is 13.9. The molecule has 1 aliphatic heterocycles. The van der Waals surface area contributed by atoms with Gasteiger partial charge in [-0.15, -0.1) is 0 Å². The Hall–Kier alpha value is -2.24. The van der Waals surface area contributed by atoms with E-state index in [1.807, 2.05) is 35.2 Å². The summed E-state index contributed by atoms with van der Waals surface area (Å²) in [6.45, 7) is 3.10. The Morgan fingerprint density at radius 2 is 1.81 bits per heavy atom. The third-order valence-corrected chi connectivity index (χ3v) is 5.31. The monoisotopic (exact) mass is 388 g/mol. The van der Waals surface area contributed by atoms with Crippen LogP contribution >= 0.6 is 11.6 Å². The molecule has 1 fully saturated rings. The topological polar surface area (TPSA) is 49.4 Å². The Kier molecular flexibility index (Phi) is 6.24. The Labute approximate surface area is 163 Å². The van der Waals surface area contributed by atoms with Crippen LogP contribution in [0.3, 0.4) is 0 Å². The number of ketones is 1. The maximum atomic E-state index is 13.9. The molecule has 27 heavy (non-hydrogen) atoms. The van der Waals surface area contributed by atoms with Crippen LogP contribution in [0.25, 0.3) is 0 Å². The number of anilines is 1. The quantitative estimate of drug-likeness (QED) is 0.772. The third kappa shape index (κ3) is 4.73. The second-order valence-corrected chi connectivity index (χ2v) is 7.27. The molecule has 0 aliphatic carbocycles. The molecule has 1 N–H and O–H groups in total. The van der Waals surface area contributed by atoms with E-state index in [-0.39, 0.29) is 28.3 Å². The largest absolute Gasteiger partial charge is 0.322 e. The highest BCUT2D eigenvalue weighted by Gasteiger charge is 2.30. The molecule has 1 amide bonds. The van der Waals surface area contributed by atoms with Crippen molar-refractivity contribution in [3.63, 3.8) is 0 Å². The molecule has 2 aromatic carbocycles. The molecule has 0 aromatic heterocycles. The summed E-state index contributed by atoms with van der Waals surface area (Å²) in [5, 5.41) is 2.89. The zero-order valence-electron chi connectivity index (χ0n) is 15.1. The maximum absolute atomic E-state index is 13.9. The molecule has 2 aromatic rings. The first kappa shape index (κ1) is 19.5. The maximum Gasteiger partial charge on any atom is 0.241 e. The number of hydrogen-bond donors (Lipinski definition) is 1. The minimum atomic E-state index is -0.560. The van der Waals surface area contributed by atoms with E-state index in [4.69, 9.17) is 11.6 Å². The molecule has 1 saturated heterocycles. The molecule has 1 aliphatic rings. The number of nitrogens with zero attached hydrogens (tertiary/aromatic N) is 1.